The van der Waals surface area contributed by atoms with Gasteiger partial charge in [-0.3, -0.25) is 19.6 Å². The summed E-state index contributed by atoms with van der Waals surface area (Å²) in [5.74, 6) is 1.28. The third-order valence-corrected chi connectivity index (χ3v) is 9.37. The van der Waals surface area contributed by atoms with E-state index in [-0.39, 0.29) is 23.9 Å². The smallest absolute Gasteiger partial charge is 0.237 e. The third-order valence-electron chi connectivity index (χ3n) is 8.58. The molecule has 2 atom stereocenters. The third kappa shape index (κ3) is 7.55. The molecular weight excluding hydrogens is 653 g/mol. The zero-order valence-electron chi connectivity index (χ0n) is 26.7. The number of benzene rings is 2. The van der Waals surface area contributed by atoms with Crippen molar-refractivity contribution in [2.24, 2.45) is 0 Å². The van der Waals surface area contributed by atoms with E-state index in [4.69, 9.17) is 37.7 Å². The van der Waals surface area contributed by atoms with Gasteiger partial charge in [-0.25, -0.2) is 4.98 Å². The van der Waals surface area contributed by atoms with Gasteiger partial charge in [-0.1, -0.05) is 53.5 Å². The lowest BCUT2D eigenvalue weighted by atomic mass is 9.99. The van der Waals surface area contributed by atoms with Crippen molar-refractivity contribution < 1.29 is 19.1 Å². The van der Waals surface area contributed by atoms with Crippen molar-refractivity contribution in [2.75, 3.05) is 27.3 Å². The van der Waals surface area contributed by atoms with Crippen LogP contribution in [-0.4, -0.2) is 66.2 Å². The highest BCUT2D eigenvalue weighted by molar-refractivity contribution is 6.39. The fourth-order valence-electron chi connectivity index (χ4n) is 6.05. The van der Waals surface area contributed by atoms with Gasteiger partial charge in [0.05, 0.1) is 41.8 Å². The average molecular weight is 691 g/mol. The van der Waals surface area contributed by atoms with Crippen LogP contribution < -0.4 is 30.7 Å². The van der Waals surface area contributed by atoms with Crippen LogP contribution in [0, 0.1) is 0 Å². The van der Waals surface area contributed by atoms with Gasteiger partial charge in [-0.05, 0) is 25.0 Å². The summed E-state index contributed by atoms with van der Waals surface area (Å²) in [4.78, 5) is 36.9. The van der Waals surface area contributed by atoms with Crippen molar-refractivity contribution >= 4 is 35.0 Å². The number of rotatable bonds is 13. The summed E-state index contributed by atoms with van der Waals surface area (Å²) in [5.41, 5.74) is 5.70. The maximum atomic E-state index is 11.5. The van der Waals surface area contributed by atoms with Crippen LogP contribution in [0.5, 0.6) is 11.6 Å². The Kier molecular flexibility index (Phi) is 10.7. The first-order chi connectivity index (χ1) is 23.3. The van der Waals surface area contributed by atoms with Gasteiger partial charge in [0, 0.05) is 85.1 Å². The number of carbonyl (C=O) groups excluding carboxylic acids is 2. The van der Waals surface area contributed by atoms with Crippen LogP contribution in [0.2, 0.25) is 10.0 Å². The number of amides is 2. The van der Waals surface area contributed by atoms with E-state index in [0.717, 1.165) is 35.1 Å². The number of ether oxygens (including phenoxy) is 2. The highest BCUT2D eigenvalue weighted by atomic mass is 35.5. The Hall–Kier alpha value is -4.29. The molecule has 48 heavy (non-hydrogen) atoms. The second kappa shape index (κ2) is 15.3. The van der Waals surface area contributed by atoms with E-state index >= 15 is 0 Å². The van der Waals surface area contributed by atoms with Crippen molar-refractivity contribution in [3.8, 4) is 45.3 Å². The van der Waals surface area contributed by atoms with E-state index < -0.39 is 0 Å². The van der Waals surface area contributed by atoms with Crippen LogP contribution in [0.25, 0.3) is 33.6 Å². The molecule has 0 bridgehead atoms. The summed E-state index contributed by atoms with van der Waals surface area (Å²) >= 11 is 14.1. The van der Waals surface area contributed by atoms with E-state index in [1.54, 1.807) is 26.6 Å². The number of aromatic nitrogens is 3. The predicted octanol–water partition coefficient (Wildman–Crippen LogP) is 4.93. The van der Waals surface area contributed by atoms with E-state index in [1.807, 2.05) is 42.5 Å². The molecule has 2 unspecified atom stereocenters. The monoisotopic (exact) mass is 689 g/mol. The van der Waals surface area contributed by atoms with Gasteiger partial charge in [0.2, 0.25) is 17.7 Å². The molecule has 2 fully saturated rings. The number of methoxy groups -OCH3 is 2. The van der Waals surface area contributed by atoms with Gasteiger partial charge in [0.15, 0.2) is 0 Å². The molecule has 2 aromatic heterocycles. The van der Waals surface area contributed by atoms with Crippen LogP contribution in [0.15, 0.2) is 54.9 Å². The minimum atomic E-state index is 0.0823. The van der Waals surface area contributed by atoms with E-state index in [1.165, 1.54) is 0 Å². The molecule has 250 valence electrons. The summed E-state index contributed by atoms with van der Waals surface area (Å²) in [6, 6.07) is 13.7. The summed E-state index contributed by atoms with van der Waals surface area (Å²) in [7, 11) is 3.19. The Bertz CT molecular complexity index is 1690. The molecule has 0 saturated carbocycles. The maximum absolute atomic E-state index is 11.5. The molecule has 0 radical (unpaired) electrons. The lowest BCUT2D eigenvalue weighted by molar-refractivity contribution is -0.120. The minimum absolute atomic E-state index is 0.0823. The molecule has 4 heterocycles. The number of pyridine rings is 1. The van der Waals surface area contributed by atoms with E-state index in [2.05, 4.69) is 31.2 Å². The van der Waals surface area contributed by atoms with Crippen LogP contribution in [-0.2, 0) is 22.7 Å². The Morgan fingerprint density at radius 1 is 0.833 bits per heavy atom. The molecule has 0 aliphatic carbocycles. The van der Waals surface area contributed by atoms with E-state index in [9.17, 15) is 9.59 Å². The summed E-state index contributed by atoms with van der Waals surface area (Å²) in [5, 5.41) is 13.6. The predicted molar refractivity (Wildman–Crippen MR) is 185 cm³/mol. The molecule has 2 amide bonds. The number of halogens is 2. The highest BCUT2D eigenvalue weighted by Crippen LogP contribution is 2.42. The summed E-state index contributed by atoms with van der Waals surface area (Å²) in [6.07, 6.45) is 6.16. The molecule has 2 aliphatic heterocycles. The van der Waals surface area contributed by atoms with Gasteiger partial charge in [0.1, 0.15) is 11.4 Å². The highest BCUT2D eigenvalue weighted by Gasteiger charge is 2.22. The second-order valence-corrected chi connectivity index (χ2v) is 12.6. The van der Waals surface area contributed by atoms with Crippen LogP contribution in [0.4, 0.5) is 0 Å². The van der Waals surface area contributed by atoms with Gasteiger partial charge < -0.3 is 30.7 Å². The van der Waals surface area contributed by atoms with Crippen molar-refractivity contribution in [2.45, 2.75) is 50.9 Å². The molecule has 2 aromatic carbocycles. The molecule has 6 rings (SSSR count). The van der Waals surface area contributed by atoms with Crippen LogP contribution in [0.1, 0.15) is 36.9 Å². The first kappa shape index (κ1) is 33.6. The maximum Gasteiger partial charge on any atom is 0.237 e. The van der Waals surface area contributed by atoms with Crippen LogP contribution >= 0.6 is 23.2 Å². The molecule has 4 aromatic rings. The van der Waals surface area contributed by atoms with Gasteiger partial charge in [-0.15, -0.1) is 0 Å². The number of nitrogens with zero attached hydrogens (tertiary/aromatic N) is 3. The second-order valence-electron chi connectivity index (χ2n) is 11.8. The number of carbonyl (C=O) groups is 2. The molecule has 4 N–H and O–H groups in total. The quantitative estimate of drug-likeness (QED) is 0.154. The van der Waals surface area contributed by atoms with Crippen molar-refractivity contribution in [3.63, 3.8) is 0 Å². The van der Waals surface area contributed by atoms with Crippen molar-refractivity contribution in [3.05, 3.63) is 76.2 Å². The molecule has 2 saturated heterocycles. The number of nitrogens with one attached hydrogen (secondary N) is 4. The largest absolute Gasteiger partial charge is 0.496 e. The molecular formula is C35H37Cl2N7O4. The first-order valence-corrected chi connectivity index (χ1v) is 16.6. The SMILES string of the molecule is COc1cc(-c2nccc(-c3cccc(-c4cnc(CNCC5CCC(=O)N5)c(OC)n4)c3Cl)c2Cl)ccc1CNCC1CCC(=O)N1. The zero-order chi connectivity index (χ0) is 33.6. The number of hydrogen-bond donors (Lipinski definition) is 4. The fraction of sp³-hybridized carbons (Fsp3) is 0.343. The van der Waals surface area contributed by atoms with Gasteiger partial charge in [-0.2, -0.15) is 0 Å². The van der Waals surface area contributed by atoms with Crippen LogP contribution in [0.3, 0.4) is 0 Å². The first-order valence-electron chi connectivity index (χ1n) is 15.9. The van der Waals surface area contributed by atoms with Crippen molar-refractivity contribution in [1.82, 2.24) is 36.2 Å². The zero-order valence-corrected chi connectivity index (χ0v) is 28.3. The number of hydrogen-bond acceptors (Lipinski definition) is 9. The molecule has 11 nitrogen and oxygen atoms in total. The van der Waals surface area contributed by atoms with Crippen molar-refractivity contribution in [1.29, 1.82) is 0 Å². The molecule has 2 aliphatic rings. The Morgan fingerprint density at radius 3 is 2.19 bits per heavy atom. The minimum Gasteiger partial charge on any atom is -0.496 e. The lowest BCUT2D eigenvalue weighted by Crippen LogP contribution is -2.35. The molecule has 0 spiro atoms. The summed E-state index contributed by atoms with van der Waals surface area (Å²) < 4.78 is 11.3. The Balaban J connectivity index is 1.20. The Morgan fingerprint density at radius 2 is 1.52 bits per heavy atom. The summed E-state index contributed by atoms with van der Waals surface area (Å²) in [6.45, 7) is 2.35. The Labute approximate surface area is 289 Å². The topological polar surface area (TPSA) is 139 Å². The van der Waals surface area contributed by atoms with Gasteiger partial charge in [0.25, 0.3) is 0 Å². The fourth-order valence-corrected chi connectivity index (χ4v) is 6.69. The standard InChI is InChI=1S/C35H37Cl2N7O4/c1-47-29-14-20(6-7-21(29)15-38-16-22-8-10-30(45)42-22)34-33(37)25(12-13-40-34)24-4-3-5-26(32(24)36)27-19-41-28(35(44-27)48-2)18-39-17-23-9-11-31(46)43-23/h3-7,12-14,19,22-23,38-39H,8-11,15-18H2,1-2H3,(H,42,45)(H,43,46). The molecule has 13 heteroatoms. The van der Waals surface area contributed by atoms with Gasteiger partial charge >= 0.3 is 0 Å². The lowest BCUT2D eigenvalue weighted by Gasteiger charge is -2.16. The average Bonchev–Trinajstić information content (AvgIpc) is 3.72. The normalized spacial score (nSPS) is 17.3. The van der Waals surface area contributed by atoms with E-state index in [0.29, 0.717) is 83.3 Å².